The molecular weight excluding hydrogens is 356 g/mol. The molecule has 1 N–H and O–H groups in total. The highest BCUT2D eigenvalue weighted by atomic mass is 32.1. The maximum atomic E-state index is 12.0. The first kappa shape index (κ1) is 18.4. The van der Waals surface area contributed by atoms with Crippen LogP contribution in [0.1, 0.15) is 21.8 Å². The fourth-order valence-corrected chi connectivity index (χ4v) is 2.95. The fourth-order valence-electron chi connectivity index (χ4n) is 2.35. The molecular formula is C22H18N2O2S. The summed E-state index contributed by atoms with van der Waals surface area (Å²) in [4.78, 5) is 16.4. The van der Waals surface area contributed by atoms with E-state index >= 15 is 0 Å². The highest BCUT2D eigenvalue weighted by Crippen LogP contribution is 2.16. The smallest absolute Gasteiger partial charge is 0.248 e. The van der Waals surface area contributed by atoms with Gasteiger partial charge in [-0.1, -0.05) is 24.1 Å². The number of ether oxygens (including phenoxy) is 1. The quantitative estimate of drug-likeness (QED) is 0.504. The Bertz CT molecular complexity index is 998. The molecule has 0 fully saturated rings. The summed E-state index contributed by atoms with van der Waals surface area (Å²) in [6.07, 6.45) is 8.59. The number of nitrogens with one attached hydrogen (secondary N) is 1. The molecule has 3 rings (SSSR count). The van der Waals surface area contributed by atoms with E-state index in [0.717, 1.165) is 27.6 Å². The molecule has 1 heterocycles. The Kier molecular flexibility index (Phi) is 6.03. The maximum absolute atomic E-state index is 12.0. The van der Waals surface area contributed by atoms with Gasteiger partial charge in [-0.05, 0) is 48.9 Å². The molecule has 4 nitrogen and oxygen atoms in total. The van der Waals surface area contributed by atoms with E-state index in [0.29, 0.717) is 12.3 Å². The third-order valence-electron chi connectivity index (χ3n) is 3.66. The first-order valence-electron chi connectivity index (χ1n) is 8.32. The number of anilines is 1. The Hall–Kier alpha value is -3.36. The normalized spacial score (nSPS) is 10.5. The lowest BCUT2D eigenvalue weighted by Crippen LogP contribution is -2.07. The van der Waals surface area contributed by atoms with Crippen molar-refractivity contribution in [1.82, 2.24) is 4.98 Å². The monoisotopic (exact) mass is 374 g/mol. The second-order valence-corrected chi connectivity index (χ2v) is 6.83. The van der Waals surface area contributed by atoms with E-state index in [4.69, 9.17) is 11.2 Å². The van der Waals surface area contributed by atoms with E-state index in [1.54, 1.807) is 35.6 Å². The van der Waals surface area contributed by atoms with Gasteiger partial charge in [-0.2, -0.15) is 0 Å². The number of hydrogen-bond donors (Lipinski definition) is 1. The summed E-state index contributed by atoms with van der Waals surface area (Å²) in [5.74, 6) is 3.08. The number of benzene rings is 2. The molecule has 0 bridgehead atoms. The summed E-state index contributed by atoms with van der Waals surface area (Å²) in [5, 5.41) is 5.80. The van der Waals surface area contributed by atoms with Gasteiger partial charge in [0.05, 0.1) is 10.7 Å². The molecule has 134 valence electrons. The Morgan fingerprint density at radius 1 is 1.30 bits per heavy atom. The van der Waals surface area contributed by atoms with Crippen molar-refractivity contribution in [3.05, 3.63) is 81.8 Å². The summed E-state index contributed by atoms with van der Waals surface area (Å²) in [5.41, 5.74) is 3.22. The standard InChI is InChI=1S/C22H18N2O2S/c1-3-17-5-4-6-19(13-17)24-22(25)12-9-18-7-10-21(11-8-18)26-14-20-15-27-16(2)23-20/h1,4-13,15H,14H2,2H3,(H,24,25)/b12-9+. The summed E-state index contributed by atoms with van der Waals surface area (Å²) in [6.45, 7) is 2.41. The second-order valence-electron chi connectivity index (χ2n) is 5.76. The van der Waals surface area contributed by atoms with Crippen LogP contribution >= 0.6 is 11.3 Å². The van der Waals surface area contributed by atoms with Crippen LogP contribution in [0.25, 0.3) is 6.08 Å². The van der Waals surface area contributed by atoms with Crippen LogP contribution in [0, 0.1) is 19.3 Å². The van der Waals surface area contributed by atoms with Gasteiger partial charge in [0.15, 0.2) is 0 Å². The zero-order chi connectivity index (χ0) is 19.1. The van der Waals surface area contributed by atoms with Crippen LogP contribution in [0.3, 0.4) is 0 Å². The zero-order valence-electron chi connectivity index (χ0n) is 14.8. The van der Waals surface area contributed by atoms with E-state index in [9.17, 15) is 4.79 Å². The van der Waals surface area contributed by atoms with Crippen molar-refractivity contribution in [2.24, 2.45) is 0 Å². The minimum Gasteiger partial charge on any atom is -0.487 e. The van der Waals surface area contributed by atoms with Gasteiger partial charge in [-0.25, -0.2) is 4.98 Å². The molecule has 0 saturated carbocycles. The fraction of sp³-hybridized carbons (Fsp3) is 0.0909. The van der Waals surface area contributed by atoms with Crippen LogP contribution in [0.15, 0.2) is 60.0 Å². The first-order chi connectivity index (χ1) is 13.1. The maximum Gasteiger partial charge on any atom is 0.248 e. The third-order valence-corrected chi connectivity index (χ3v) is 4.48. The Morgan fingerprint density at radius 3 is 2.81 bits per heavy atom. The Labute approximate surface area is 162 Å². The van der Waals surface area contributed by atoms with Gasteiger partial charge in [0.1, 0.15) is 12.4 Å². The van der Waals surface area contributed by atoms with Gasteiger partial charge in [0.25, 0.3) is 0 Å². The van der Waals surface area contributed by atoms with Crippen molar-refractivity contribution in [1.29, 1.82) is 0 Å². The molecule has 0 spiro atoms. The number of amides is 1. The van der Waals surface area contributed by atoms with Crippen molar-refractivity contribution in [3.8, 4) is 18.1 Å². The molecule has 3 aromatic rings. The predicted octanol–water partition coefficient (Wildman–Crippen LogP) is 4.66. The van der Waals surface area contributed by atoms with E-state index in [1.165, 1.54) is 6.08 Å². The molecule has 0 aliphatic heterocycles. The largest absolute Gasteiger partial charge is 0.487 e. The molecule has 0 unspecified atom stereocenters. The Morgan fingerprint density at radius 2 is 2.11 bits per heavy atom. The van der Waals surface area contributed by atoms with E-state index in [1.807, 2.05) is 42.6 Å². The third kappa shape index (κ3) is 5.56. The summed E-state index contributed by atoms with van der Waals surface area (Å²) in [6, 6.07) is 14.7. The molecule has 0 radical (unpaired) electrons. The number of carbonyl (C=O) groups excluding carboxylic acids is 1. The molecule has 5 heteroatoms. The topological polar surface area (TPSA) is 51.2 Å². The van der Waals surface area contributed by atoms with Crippen LogP contribution < -0.4 is 10.1 Å². The van der Waals surface area contributed by atoms with E-state index in [2.05, 4.69) is 16.2 Å². The number of nitrogens with zero attached hydrogens (tertiary/aromatic N) is 1. The van der Waals surface area contributed by atoms with Gasteiger partial charge in [-0.15, -0.1) is 17.8 Å². The van der Waals surface area contributed by atoms with Crippen LogP contribution in [-0.2, 0) is 11.4 Å². The average Bonchev–Trinajstić information content (AvgIpc) is 3.11. The lowest BCUT2D eigenvalue weighted by atomic mass is 10.2. The summed E-state index contributed by atoms with van der Waals surface area (Å²) >= 11 is 1.61. The van der Waals surface area contributed by atoms with Crippen LogP contribution in [-0.4, -0.2) is 10.9 Å². The van der Waals surface area contributed by atoms with Crippen molar-refractivity contribution in [2.45, 2.75) is 13.5 Å². The zero-order valence-corrected chi connectivity index (χ0v) is 15.6. The summed E-state index contributed by atoms with van der Waals surface area (Å²) in [7, 11) is 0. The Balaban J connectivity index is 1.53. The van der Waals surface area contributed by atoms with Gasteiger partial charge < -0.3 is 10.1 Å². The number of thiazole rings is 1. The van der Waals surface area contributed by atoms with Gasteiger partial charge >= 0.3 is 0 Å². The molecule has 2 aromatic carbocycles. The molecule has 0 aliphatic rings. The van der Waals surface area contributed by atoms with Crippen LogP contribution in [0.2, 0.25) is 0 Å². The van der Waals surface area contributed by atoms with Crippen LogP contribution in [0.5, 0.6) is 5.75 Å². The minimum atomic E-state index is -0.219. The first-order valence-corrected chi connectivity index (χ1v) is 9.20. The SMILES string of the molecule is C#Cc1cccc(NC(=O)/C=C/c2ccc(OCc3csc(C)n3)cc2)c1. The summed E-state index contributed by atoms with van der Waals surface area (Å²) < 4.78 is 5.71. The minimum absolute atomic E-state index is 0.219. The number of aryl methyl sites for hydroxylation is 1. The van der Waals surface area contributed by atoms with Crippen LogP contribution in [0.4, 0.5) is 5.69 Å². The van der Waals surface area contributed by atoms with E-state index in [-0.39, 0.29) is 5.91 Å². The number of rotatable bonds is 6. The molecule has 27 heavy (non-hydrogen) atoms. The number of aromatic nitrogens is 1. The van der Waals surface area contributed by atoms with Gasteiger partial charge in [0.2, 0.25) is 5.91 Å². The van der Waals surface area contributed by atoms with Crippen molar-refractivity contribution < 1.29 is 9.53 Å². The molecule has 0 aliphatic carbocycles. The molecule has 0 atom stereocenters. The van der Waals surface area contributed by atoms with Crippen molar-refractivity contribution in [2.75, 3.05) is 5.32 Å². The highest BCUT2D eigenvalue weighted by Gasteiger charge is 2.01. The average molecular weight is 374 g/mol. The number of carbonyl (C=O) groups is 1. The molecule has 0 saturated heterocycles. The lowest BCUT2D eigenvalue weighted by molar-refractivity contribution is -0.111. The number of hydrogen-bond acceptors (Lipinski definition) is 4. The molecule has 1 amide bonds. The van der Waals surface area contributed by atoms with Crippen molar-refractivity contribution >= 4 is 29.0 Å². The van der Waals surface area contributed by atoms with E-state index < -0.39 is 0 Å². The van der Waals surface area contributed by atoms with Gasteiger partial charge in [0, 0.05) is 22.7 Å². The van der Waals surface area contributed by atoms with Crippen molar-refractivity contribution in [3.63, 3.8) is 0 Å². The predicted molar refractivity (Wildman–Crippen MR) is 110 cm³/mol. The number of terminal acetylenes is 1. The second kappa shape index (κ2) is 8.84. The molecule has 1 aromatic heterocycles. The highest BCUT2D eigenvalue weighted by molar-refractivity contribution is 7.09. The lowest BCUT2D eigenvalue weighted by Gasteiger charge is -2.04. The van der Waals surface area contributed by atoms with Gasteiger partial charge in [-0.3, -0.25) is 4.79 Å².